The number of anilines is 2. The molecule has 0 bridgehead atoms. The van der Waals surface area contributed by atoms with E-state index in [-0.39, 0.29) is 12.5 Å². The third-order valence-electron chi connectivity index (χ3n) is 2.54. The summed E-state index contributed by atoms with van der Waals surface area (Å²) in [4.78, 5) is 11.9. The van der Waals surface area contributed by atoms with Crippen molar-refractivity contribution in [2.45, 2.75) is 0 Å². The van der Waals surface area contributed by atoms with E-state index in [9.17, 15) is 4.79 Å². The molecule has 0 heterocycles. The van der Waals surface area contributed by atoms with Crippen molar-refractivity contribution < 1.29 is 4.79 Å². The maximum Gasteiger partial charge on any atom is 0.243 e. The van der Waals surface area contributed by atoms with Gasteiger partial charge in [0.1, 0.15) is 0 Å². The Kier molecular flexibility index (Phi) is 5.59. The molecule has 0 saturated heterocycles. The SMILES string of the molecule is O=C(CNc1cccc(Cl)c1Cl)Nc1cc(Cl)cc(Cl)c1. The first kappa shape index (κ1) is 16.2. The molecule has 2 aromatic carbocycles. The number of hydrogen-bond donors (Lipinski definition) is 2. The molecule has 110 valence electrons. The van der Waals surface area contributed by atoms with Gasteiger partial charge in [0.2, 0.25) is 5.91 Å². The third kappa shape index (κ3) is 4.68. The van der Waals surface area contributed by atoms with E-state index in [0.717, 1.165) is 0 Å². The lowest BCUT2D eigenvalue weighted by Crippen LogP contribution is -2.21. The number of hydrogen-bond acceptors (Lipinski definition) is 2. The van der Waals surface area contributed by atoms with Crippen LogP contribution in [0.1, 0.15) is 0 Å². The van der Waals surface area contributed by atoms with Crippen LogP contribution in [0.3, 0.4) is 0 Å². The standard InChI is InChI=1S/C14H10Cl4N2O/c15-8-4-9(16)6-10(5-8)20-13(21)7-19-12-3-1-2-11(17)14(12)18/h1-6,19H,7H2,(H,20,21). The molecule has 2 N–H and O–H groups in total. The maximum absolute atomic E-state index is 11.9. The van der Waals surface area contributed by atoms with Crippen molar-refractivity contribution in [2.75, 3.05) is 17.2 Å². The first-order valence-corrected chi connectivity index (χ1v) is 7.41. The summed E-state index contributed by atoms with van der Waals surface area (Å²) in [7, 11) is 0. The zero-order valence-electron chi connectivity index (χ0n) is 10.6. The molecule has 0 spiro atoms. The maximum atomic E-state index is 11.9. The molecular formula is C14H10Cl4N2O. The van der Waals surface area contributed by atoms with Crippen molar-refractivity contribution in [2.24, 2.45) is 0 Å². The average molecular weight is 364 g/mol. The van der Waals surface area contributed by atoms with Crippen LogP contribution in [0.5, 0.6) is 0 Å². The third-order valence-corrected chi connectivity index (χ3v) is 3.79. The molecule has 3 nitrogen and oxygen atoms in total. The quantitative estimate of drug-likeness (QED) is 0.768. The highest BCUT2D eigenvalue weighted by Crippen LogP contribution is 2.29. The Bertz CT molecular complexity index is 656. The Hall–Kier alpha value is -1.13. The van der Waals surface area contributed by atoms with Gasteiger partial charge in [-0.05, 0) is 30.3 Å². The van der Waals surface area contributed by atoms with E-state index in [1.54, 1.807) is 36.4 Å². The summed E-state index contributed by atoms with van der Waals surface area (Å²) in [6.45, 7) is 0.0319. The highest BCUT2D eigenvalue weighted by atomic mass is 35.5. The fourth-order valence-electron chi connectivity index (χ4n) is 1.65. The summed E-state index contributed by atoms with van der Waals surface area (Å²) in [6.07, 6.45) is 0. The molecule has 0 aromatic heterocycles. The fraction of sp³-hybridized carbons (Fsp3) is 0.0714. The fourth-order valence-corrected chi connectivity index (χ4v) is 2.54. The summed E-state index contributed by atoms with van der Waals surface area (Å²) in [5.74, 6) is -0.260. The molecule has 0 saturated carbocycles. The molecule has 0 aliphatic carbocycles. The number of halogens is 4. The summed E-state index contributed by atoms with van der Waals surface area (Å²) in [5.41, 5.74) is 1.11. The van der Waals surface area contributed by atoms with Gasteiger partial charge >= 0.3 is 0 Å². The van der Waals surface area contributed by atoms with E-state index in [1.165, 1.54) is 0 Å². The van der Waals surface area contributed by atoms with Crippen LogP contribution in [0.2, 0.25) is 20.1 Å². The zero-order chi connectivity index (χ0) is 15.4. The molecule has 1 amide bonds. The second-order valence-corrected chi connectivity index (χ2v) is 5.82. The van der Waals surface area contributed by atoms with E-state index >= 15 is 0 Å². The van der Waals surface area contributed by atoms with Gasteiger partial charge in [0.05, 0.1) is 22.3 Å². The molecule has 2 rings (SSSR count). The largest absolute Gasteiger partial charge is 0.375 e. The summed E-state index contributed by atoms with van der Waals surface area (Å²) < 4.78 is 0. The highest BCUT2D eigenvalue weighted by molar-refractivity contribution is 6.43. The second kappa shape index (κ2) is 7.23. The Morgan fingerprint density at radius 3 is 2.33 bits per heavy atom. The van der Waals surface area contributed by atoms with Gasteiger partial charge in [-0.1, -0.05) is 52.5 Å². The first-order chi connectivity index (χ1) is 9.95. The van der Waals surface area contributed by atoms with Crippen LogP contribution < -0.4 is 10.6 Å². The van der Waals surface area contributed by atoms with Crippen molar-refractivity contribution in [3.8, 4) is 0 Å². The molecule has 0 atom stereocenters. The van der Waals surface area contributed by atoms with E-state index in [2.05, 4.69) is 10.6 Å². The Labute approximate surface area is 142 Å². The molecular weight excluding hydrogens is 354 g/mol. The van der Waals surface area contributed by atoms with Gasteiger partial charge < -0.3 is 10.6 Å². The molecule has 0 unspecified atom stereocenters. The molecule has 2 aromatic rings. The molecule has 0 fully saturated rings. The van der Waals surface area contributed by atoms with Gasteiger partial charge in [0, 0.05) is 15.7 Å². The lowest BCUT2D eigenvalue weighted by Gasteiger charge is -2.10. The molecule has 0 aliphatic rings. The monoisotopic (exact) mass is 362 g/mol. The molecule has 21 heavy (non-hydrogen) atoms. The number of rotatable bonds is 4. The summed E-state index contributed by atoms with van der Waals surface area (Å²) >= 11 is 23.6. The van der Waals surface area contributed by atoms with E-state index < -0.39 is 0 Å². The van der Waals surface area contributed by atoms with Crippen LogP contribution in [0, 0.1) is 0 Å². The highest BCUT2D eigenvalue weighted by Gasteiger charge is 2.07. The van der Waals surface area contributed by atoms with Crippen LogP contribution >= 0.6 is 46.4 Å². The van der Waals surface area contributed by atoms with Crippen molar-refractivity contribution in [1.29, 1.82) is 0 Å². The van der Waals surface area contributed by atoms with Gasteiger partial charge in [0.25, 0.3) is 0 Å². The van der Waals surface area contributed by atoms with Crippen LogP contribution in [-0.2, 0) is 4.79 Å². The number of carbonyl (C=O) groups is 1. The van der Waals surface area contributed by atoms with Crippen molar-refractivity contribution in [1.82, 2.24) is 0 Å². The van der Waals surface area contributed by atoms with Gasteiger partial charge in [-0.25, -0.2) is 0 Å². The minimum Gasteiger partial charge on any atom is -0.375 e. The summed E-state index contributed by atoms with van der Waals surface area (Å²) in [6, 6.07) is 9.95. The van der Waals surface area contributed by atoms with Crippen LogP contribution in [-0.4, -0.2) is 12.5 Å². The van der Waals surface area contributed by atoms with Crippen LogP contribution in [0.25, 0.3) is 0 Å². The van der Waals surface area contributed by atoms with Gasteiger partial charge in [-0.15, -0.1) is 0 Å². The van der Waals surface area contributed by atoms with E-state index in [0.29, 0.717) is 31.5 Å². The smallest absolute Gasteiger partial charge is 0.243 e. The van der Waals surface area contributed by atoms with Crippen molar-refractivity contribution >= 4 is 63.7 Å². The number of nitrogens with one attached hydrogen (secondary N) is 2. The van der Waals surface area contributed by atoms with Crippen molar-refractivity contribution in [3.05, 3.63) is 56.5 Å². The predicted octanol–water partition coefficient (Wildman–Crippen LogP) is 5.35. The molecule has 0 radical (unpaired) electrons. The van der Waals surface area contributed by atoms with E-state index in [1.807, 2.05) is 0 Å². The van der Waals surface area contributed by atoms with Gasteiger partial charge in [0.15, 0.2) is 0 Å². The lowest BCUT2D eigenvalue weighted by atomic mass is 10.3. The van der Waals surface area contributed by atoms with E-state index in [4.69, 9.17) is 46.4 Å². The number of carbonyl (C=O) groups excluding carboxylic acids is 1. The minimum atomic E-state index is -0.260. The number of amides is 1. The molecule has 7 heteroatoms. The Morgan fingerprint density at radius 1 is 1.00 bits per heavy atom. The van der Waals surface area contributed by atoms with Crippen LogP contribution in [0.15, 0.2) is 36.4 Å². The number of benzene rings is 2. The summed E-state index contributed by atoms with van der Waals surface area (Å²) in [5, 5.41) is 7.28. The van der Waals surface area contributed by atoms with Crippen LogP contribution in [0.4, 0.5) is 11.4 Å². The first-order valence-electron chi connectivity index (χ1n) is 5.89. The minimum absolute atomic E-state index is 0.0319. The average Bonchev–Trinajstić information content (AvgIpc) is 2.39. The Balaban J connectivity index is 1.97. The topological polar surface area (TPSA) is 41.1 Å². The zero-order valence-corrected chi connectivity index (χ0v) is 13.6. The lowest BCUT2D eigenvalue weighted by molar-refractivity contribution is -0.114. The predicted molar refractivity (Wildman–Crippen MR) is 90.0 cm³/mol. The van der Waals surface area contributed by atoms with Gasteiger partial charge in [-0.2, -0.15) is 0 Å². The normalized spacial score (nSPS) is 10.3. The Morgan fingerprint density at radius 2 is 1.67 bits per heavy atom. The molecule has 0 aliphatic heterocycles. The van der Waals surface area contributed by atoms with Gasteiger partial charge in [-0.3, -0.25) is 4.79 Å². The second-order valence-electron chi connectivity index (χ2n) is 4.16. The van der Waals surface area contributed by atoms with Crippen molar-refractivity contribution in [3.63, 3.8) is 0 Å².